The molecule has 4 nitrogen and oxygen atoms in total. The van der Waals surface area contributed by atoms with Crippen LogP contribution < -0.4 is 4.90 Å². The predicted octanol–water partition coefficient (Wildman–Crippen LogP) is 4.64. The number of likely N-dealkylation sites (tertiary alicyclic amines) is 2. The molecule has 170 valence electrons. The highest BCUT2D eigenvalue weighted by molar-refractivity contribution is 5.80. The van der Waals surface area contributed by atoms with Crippen molar-refractivity contribution in [3.63, 3.8) is 0 Å². The van der Waals surface area contributed by atoms with E-state index in [0.29, 0.717) is 11.8 Å². The van der Waals surface area contributed by atoms with E-state index in [9.17, 15) is 9.18 Å². The zero-order valence-corrected chi connectivity index (χ0v) is 19.1. The van der Waals surface area contributed by atoms with Gasteiger partial charge in [0.15, 0.2) is 0 Å². The van der Waals surface area contributed by atoms with Crippen molar-refractivity contribution in [3.05, 3.63) is 29.6 Å². The van der Waals surface area contributed by atoms with Gasteiger partial charge in [-0.2, -0.15) is 0 Å². The fraction of sp³-hybridized carbons (Fsp3) is 0.731. The Bertz CT molecular complexity index is 785. The number of hydrogen-bond donors (Lipinski definition) is 0. The van der Waals surface area contributed by atoms with E-state index in [0.717, 1.165) is 69.8 Å². The molecule has 1 amide bonds. The van der Waals surface area contributed by atoms with Crippen LogP contribution in [0.1, 0.15) is 69.8 Å². The van der Waals surface area contributed by atoms with Crippen molar-refractivity contribution in [2.24, 2.45) is 11.8 Å². The highest BCUT2D eigenvalue weighted by Crippen LogP contribution is 2.37. The van der Waals surface area contributed by atoms with Crippen LogP contribution in [0.5, 0.6) is 0 Å². The van der Waals surface area contributed by atoms with Gasteiger partial charge in [-0.3, -0.25) is 9.69 Å². The maximum atomic E-state index is 14.1. The predicted molar refractivity (Wildman–Crippen MR) is 123 cm³/mol. The number of nitrogens with zero attached hydrogens (tertiary/aromatic N) is 3. The largest absolute Gasteiger partial charge is 0.371 e. The Balaban J connectivity index is 1.24. The number of amides is 1. The van der Waals surface area contributed by atoms with Gasteiger partial charge in [0.2, 0.25) is 5.91 Å². The molecule has 0 aromatic heterocycles. The zero-order valence-electron chi connectivity index (χ0n) is 19.1. The second-order valence-corrected chi connectivity index (χ2v) is 10.6. The van der Waals surface area contributed by atoms with Crippen LogP contribution in [-0.4, -0.2) is 61.0 Å². The molecule has 31 heavy (non-hydrogen) atoms. The fourth-order valence-corrected chi connectivity index (χ4v) is 6.45. The normalized spacial score (nSPS) is 28.7. The zero-order chi connectivity index (χ0) is 21.4. The van der Waals surface area contributed by atoms with Crippen molar-refractivity contribution < 1.29 is 9.18 Å². The minimum Gasteiger partial charge on any atom is -0.371 e. The first kappa shape index (κ1) is 21.2. The van der Waals surface area contributed by atoms with Crippen LogP contribution in [0, 0.1) is 17.7 Å². The standard InChI is InChI=1S/C26H38FN3O/c1-19-8-12-28(13-9-19)25-16-22(27)6-7-24(25)20-10-15-30(17-20)26(31)21-11-14-29(18-21)23-4-2-3-5-23/h6-7,16,19-21,23H,2-5,8-15,17-18H2,1H3. The summed E-state index contributed by atoms with van der Waals surface area (Å²) in [6.45, 7) is 8.00. The number of benzene rings is 1. The molecular weight excluding hydrogens is 389 g/mol. The minimum absolute atomic E-state index is 0.152. The summed E-state index contributed by atoms with van der Waals surface area (Å²) in [7, 11) is 0. The summed E-state index contributed by atoms with van der Waals surface area (Å²) in [4.78, 5) is 20.4. The van der Waals surface area contributed by atoms with Gasteiger partial charge in [0.05, 0.1) is 5.92 Å². The lowest BCUT2D eigenvalue weighted by molar-refractivity contribution is -0.134. The molecule has 0 N–H and O–H groups in total. The Kier molecular flexibility index (Phi) is 6.23. The van der Waals surface area contributed by atoms with Crippen LogP contribution in [0.2, 0.25) is 0 Å². The van der Waals surface area contributed by atoms with Gasteiger partial charge < -0.3 is 9.80 Å². The van der Waals surface area contributed by atoms with E-state index in [1.54, 1.807) is 12.1 Å². The van der Waals surface area contributed by atoms with Crippen molar-refractivity contribution >= 4 is 11.6 Å². The van der Waals surface area contributed by atoms with E-state index >= 15 is 0 Å². The third-order valence-electron chi connectivity index (χ3n) is 8.47. The number of carbonyl (C=O) groups is 1. The van der Waals surface area contributed by atoms with Crippen LogP contribution in [-0.2, 0) is 4.79 Å². The van der Waals surface area contributed by atoms with Crippen LogP contribution in [0.25, 0.3) is 0 Å². The van der Waals surface area contributed by atoms with Crippen molar-refractivity contribution in [3.8, 4) is 0 Å². The summed E-state index contributed by atoms with van der Waals surface area (Å²) >= 11 is 0. The monoisotopic (exact) mass is 427 g/mol. The van der Waals surface area contributed by atoms with Gasteiger partial charge in [0.1, 0.15) is 5.82 Å². The maximum Gasteiger partial charge on any atom is 0.227 e. The molecule has 3 saturated heterocycles. The molecule has 5 rings (SSSR count). The van der Waals surface area contributed by atoms with Crippen LogP contribution in [0.4, 0.5) is 10.1 Å². The van der Waals surface area contributed by atoms with Gasteiger partial charge in [-0.1, -0.05) is 25.8 Å². The van der Waals surface area contributed by atoms with Gasteiger partial charge in [-0.15, -0.1) is 0 Å². The van der Waals surface area contributed by atoms with Gasteiger partial charge in [0, 0.05) is 50.4 Å². The molecule has 1 saturated carbocycles. The maximum absolute atomic E-state index is 14.1. The smallest absolute Gasteiger partial charge is 0.227 e. The summed E-state index contributed by atoms with van der Waals surface area (Å²) in [5.41, 5.74) is 2.31. The lowest BCUT2D eigenvalue weighted by atomic mass is 9.93. The molecule has 3 heterocycles. The first-order valence-electron chi connectivity index (χ1n) is 12.7. The van der Waals surface area contributed by atoms with E-state index in [-0.39, 0.29) is 11.7 Å². The molecule has 2 atom stereocenters. The van der Waals surface area contributed by atoms with E-state index in [4.69, 9.17) is 0 Å². The van der Waals surface area contributed by atoms with Gasteiger partial charge in [0.25, 0.3) is 0 Å². The second-order valence-electron chi connectivity index (χ2n) is 10.6. The van der Waals surface area contributed by atoms with Gasteiger partial charge >= 0.3 is 0 Å². The number of hydrogen-bond acceptors (Lipinski definition) is 3. The van der Waals surface area contributed by atoms with E-state index in [1.807, 2.05) is 6.07 Å². The van der Waals surface area contributed by atoms with E-state index in [1.165, 1.54) is 44.1 Å². The SMILES string of the molecule is CC1CCN(c2cc(F)ccc2C2CCN(C(=O)C3CCN(C4CCCC4)C3)C2)CC1. The molecule has 5 heteroatoms. The van der Waals surface area contributed by atoms with E-state index in [2.05, 4.69) is 21.6 Å². The number of carbonyl (C=O) groups excluding carboxylic acids is 1. The molecular formula is C26H38FN3O. The Labute approximate surface area is 186 Å². The summed E-state index contributed by atoms with van der Waals surface area (Å²) < 4.78 is 14.1. The molecule has 3 aliphatic heterocycles. The Morgan fingerprint density at radius 1 is 0.935 bits per heavy atom. The topological polar surface area (TPSA) is 26.8 Å². The van der Waals surface area contributed by atoms with Crippen molar-refractivity contribution in [2.75, 3.05) is 44.2 Å². The lowest BCUT2D eigenvalue weighted by Gasteiger charge is -2.34. The first-order valence-corrected chi connectivity index (χ1v) is 12.7. The number of halogens is 1. The summed E-state index contributed by atoms with van der Waals surface area (Å²) in [5, 5.41) is 0. The minimum atomic E-state index is -0.152. The van der Waals surface area contributed by atoms with Crippen molar-refractivity contribution in [2.45, 2.75) is 70.3 Å². The molecule has 4 fully saturated rings. The average Bonchev–Trinajstić information content (AvgIpc) is 3.55. The molecule has 1 aromatic carbocycles. The molecule has 0 bridgehead atoms. The van der Waals surface area contributed by atoms with Crippen molar-refractivity contribution in [1.29, 1.82) is 0 Å². The van der Waals surface area contributed by atoms with Gasteiger partial charge in [-0.05, 0) is 68.7 Å². The molecule has 0 spiro atoms. The third kappa shape index (κ3) is 4.48. The lowest BCUT2D eigenvalue weighted by Crippen LogP contribution is -2.37. The number of rotatable bonds is 4. The van der Waals surface area contributed by atoms with Gasteiger partial charge in [-0.25, -0.2) is 4.39 Å². The highest BCUT2D eigenvalue weighted by Gasteiger charge is 2.38. The molecule has 1 aromatic rings. The Morgan fingerprint density at radius 3 is 2.48 bits per heavy atom. The first-order chi connectivity index (χ1) is 15.1. The summed E-state index contributed by atoms with van der Waals surface area (Å²) in [5.74, 6) is 1.46. The Morgan fingerprint density at radius 2 is 1.71 bits per heavy atom. The fourth-order valence-electron chi connectivity index (χ4n) is 6.45. The molecule has 1 aliphatic carbocycles. The van der Waals surface area contributed by atoms with E-state index < -0.39 is 0 Å². The molecule has 0 radical (unpaired) electrons. The number of piperidine rings is 1. The molecule has 4 aliphatic rings. The average molecular weight is 428 g/mol. The van der Waals surface area contributed by atoms with Crippen molar-refractivity contribution in [1.82, 2.24) is 9.80 Å². The third-order valence-corrected chi connectivity index (χ3v) is 8.47. The summed E-state index contributed by atoms with van der Waals surface area (Å²) in [6, 6.07) is 6.04. The van der Waals surface area contributed by atoms with Crippen LogP contribution in [0.3, 0.4) is 0 Å². The van der Waals surface area contributed by atoms with Crippen LogP contribution in [0.15, 0.2) is 18.2 Å². The summed E-state index contributed by atoms with van der Waals surface area (Å²) in [6.07, 6.45) is 9.68. The van der Waals surface area contributed by atoms with Crippen LogP contribution >= 0.6 is 0 Å². The highest BCUT2D eigenvalue weighted by atomic mass is 19.1. The quantitative estimate of drug-likeness (QED) is 0.700. The second kappa shape index (κ2) is 9.09. The Hall–Kier alpha value is -1.62. The molecule has 2 unspecified atom stereocenters. The number of anilines is 1.